The highest BCUT2D eigenvalue weighted by Gasteiger charge is 2.28. The van der Waals surface area contributed by atoms with Crippen LogP contribution in [-0.4, -0.2) is 62.7 Å². The van der Waals surface area contributed by atoms with E-state index in [9.17, 15) is 19.1 Å². The van der Waals surface area contributed by atoms with Gasteiger partial charge in [0.05, 0.1) is 0 Å². The van der Waals surface area contributed by atoms with Crippen LogP contribution in [0.15, 0.2) is 30.5 Å². The minimum absolute atomic E-state index is 0.0244. The number of nitrogens with zero attached hydrogens (tertiary/aromatic N) is 4. The van der Waals surface area contributed by atoms with E-state index >= 15 is 0 Å². The average Bonchev–Trinajstić information content (AvgIpc) is 3.14. The van der Waals surface area contributed by atoms with Crippen LogP contribution in [0.25, 0.3) is 0 Å². The van der Waals surface area contributed by atoms with E-state index in [0.29, 0.717) is 43.3 Å². The van der Waals surface area contributed by atoms with Crippen molar-refractivity contribution in [2.45, 2.75) is 19.5 Å². The fourth-order valence-electron chi connectivity index (χ4n) is 3.19. The van der Waals surface area contributed by atoms with Gasteiger partial charge in [-0.05, 0) is 25.1 Å². The van der Waals surface area contributed by atoms with Crippen LogP contribution in [0.4, 0.5) is 4.39 Å². The standard InChI is InChI=1S/C18H20ClFN4O3/c1-12(24-16(18(26)27)5-6-21-24)17(25)23-9-7-22(8-10-23)11-13-14(19)3-2-4-15(13)20/h2-6,12H,7-11H2,1H3,(H,26,27). The smallest absolute Gasteiger partial charge is 0.354 e. The molecule has 1 aliphatic heterocycles. The van der Waals surface area contributed by atoms with E-state index in [-0.39, 0.29) is 17.4 Å². The minimum atomic E-state index is -1.13. The monoisotopic (exact) mass is 394 g/mol. The van der Waals surface area contributed by atoms with Gasteiger partial charge in [-0.2, -0.15) is 5.10 Å². The van der Waals surface area contributed by atoms with E-state index in [1.54, 1.807) is 24.0 Å². The number of aromatic nitrogens is 2. The average molecular weight is 395 g/mol. The zero-order valence-corrected chi connectivity index (χ0v) is 15.6. The number of aromatic carboxylic acids is 1. The lowest BCUT2D eigenvalue weighted by atomic mass is 10.1. The quantitative estimate of drug-likeness (QED) is 0.841. The van der Waals surface area contributed by atoms with Crippen molar-refractivity contribution in [1.29, 1.82) is 0 Å². The summed E-state index contributed by atoms with van der Waals surface area (Å²) in [5.74, 6) is -1.65. The molecule has 1 aliphatic rings. The normalized spacial score (nSPS) is 16.3. The van der Waals surface area contributed by atoms with E-state index in [2.05, 4.69) is 5.10 Å². The van der Waals surface area contributed by atoms with Crippen LogP contribution in [0, 0.1) is 5.82 Å². The highest BCUT2D eigenvalue weighted by atomic mass is 35.5. The second-order valence-corrected chi connectivity index (χ2v) is 6.85. The number of carbonyl (C=O) groups excluding carboxylic acids is 1. The van der Waals surface area contributed by atoms with Crippen molar-refractivity contribution in [2.24, 2.45) is 0 Å². The molecule has 2 aromatic rings. The van der Waals surface area contributed by atoms with Gasteiger partial charge in [-0.15, -0.1) is 0 Å². The zero-order valence-electron chi connectivity index (χ0n) is 14.8. The molecule has 1 fully saturated rings. The first-order chi connectivity index (χ1) is 12.9. The Morgan fingerprint density at radius 3 is 2.59 bits per heavy atom. The molecular formula is C18H20ClFN4O3. The minimum Gasteiger partial charge on any atom is -0.477 e. The van der Waals surface area contributed by atoms with Gasteiger partial charge in [0.1, 0.15) is 17.6 Å². The molecule has 0 aliphatic carbocycles. The molecular weight excluding hydrogens is 375 g/mol. The Balaban J connectivity index is 1.61. The van der Waals surface area contributed by atoms with E-state index in [0.717, 1.165) is 0 Å². The third-order valence-electron chi connectivity index (χ3n) is 4.74. The number of hydrogen-bond donors (Lipinski definition) is 1. The maximum Gasteiger partial charge on any atom is 0.354 e. The maximum absolute atomic E-state index is 13.9. The predicted octanol–water partition coefficient (Wildman–Crippen LogP) is 2.28. The van der Waals surface area contributed by atoms with Gasteiger partial charge in [-0.1, -0.05) is 17.7 Å². The molecule has 7 nitrogen and oxygen atoms in total. The molecule has 1 aromatic carbocycles. The summed E-state index contributed by atoms with van der Waals surface area (Å²) in [5.41, 5.74) is 0.429. The van der Waals surface area contributed by atoms with Gasteiger partial charge in [0, 0.05) is 49.5 Å². The number of benzene rings is 1. The molecule has 3 rings (SSSR count). The van der Waals surface area contributed by atoms with E-state index < -0.39 is 12.0 Å². The SMILES string of the molecule is CC(C(=O)N1CCN(Cc2c(F)cccc2Cl)CC1)n1nccc1C(=O)O. The summed E-state index contributed by atoms with van der Waals surface area (Å²) >= 11 is 6.08. The summed E-state index contributed by atoms with van der Waals surface area (Å²) in [5, 5.41) is 13.5. The van der Waals surface area contributed by atoms with Crippen LogP contribution >= 0.6 is 11.6 Å². The molecule has 0 radical (unpaired) electrons. The van der Waals surface area contributed by atoms with Crippen molar-refractivity contribution >= 4 is 23.5 Å². The van der Waals surface area contributed by atoms with E-state index in [1.165, 1.54) is 23.0 Å². The van der Waals surface area contributed by atoms with Crippen molar-refractivity contribution in [3.63, 3.8) is 0 Å². The molecule has 1 aromatic heterocycles. The first kappa shape index (κ1) is 19.3. The number of hydrogen-bond acceptors (Lipinski definition) is 4. The second-order valence-electron chi connectivity index (χ2n) is 6.44. The number of carboxylic acids is 1. The largest absolute Gasteiger partial charge is 0.477 e. The molecule has 1 saturated heterocycles. The van der Waals surface area contributed by atoms with Crippen LogP contribution in [0.3, 0.4) is 0 Å². The molecule has 1 unspecified atom stereocenters. The molecule has 2 heterocycles. The Morgan fingerprint density at radius 1 is 1.26 bits per heavy atom. The lowest BCUT2D eigenvalue weighted by molar-refractivity contribution is -0.136. The van der Waals surface area contributed by atoms with Crippen molar-refractivity contribution in [3.8, 4) is 0 Å². The summed E-state index contributed by atoms with van der Waals surface area (Å²) in [4.78, 5) is 27.7. The number of halogens is 2. The van der Waals surface area contributed by atoms with Gasteiger partial charge in [0.2, 0.25) is 5.91 Å². The highest BCUT2D eigenvalue weighted by molar-refractivity contribution is 6.31. The van der Waals surface area contributed by atoms with Crippen molar-refractivity contribution < 1.29 is 19.1 Å². The van der Waals surface area contributed by atoms with Gasteiger partial charge in [-0.25, -0.2) is 13.9 Å². The zero-order chi connectivity index (χ0) is 19.6. The van der Waals surface area contributed by atoms with Crippen LogP contribution in [0.1, 0.15) is 29.0 Å². The number of rotatable bonds is 5. The Morgan fingerprint density at radius 2 is 1.96 bits per heavy atom. The first-order valence-corrected chi connectivity index (χ1v) is 8.97. The number of carboxylic acid groups (broad SMARTS) is 1. The second kappa shape index (κ2) is 8.06. The Labute approximate surface area is 160 Å². The van der Waals surface area contributed by atoms with Crippen molar-refractivity contribution in [2.75, 3.05) is 26.2 Å². The van der Waals surface area contributed by atoms with Gasteiger partial charge < -0.3 is 10.0 Å². The molecule has 27 heavy (non-hydrogen) atoms. The number of carbonyl (C=O) groups is 2. The number of amides is 1. The third kappa shape index (κ3) is 4.12. The molecule has 1 amide bonds. The molecule has 0 bridgehead atoms. The number of piperazine rings is 1. The highest BCUT2D eigenvalue weighted by Crippen LogP contribution is 2.22. The van der Waals surface area contributed by atoms with Crippen molar-refractivity contribution in [3.05, 3.63) is 52.6 Å². The molecule has 1 atom stereocenters. The van der Waals surface area contributed by atoms with Gasteiger partial charge >= 0.3 is 5.97 Å². The lowest BCUT2D eigenvalue weighted by Gasteiger charge is -2.36. The van der Waals surface area contributed by atoms with Crippen LogP contribution in [0.2, 0.25) is 5.02 Å². The lowest BCUT2D eigenvalue weighted by Crippen LogP contribution is -2.50. The molecule has 9 heteroatoms. The molecule has 1 N–H and O–H groups in total. The van der Waals surface area contributed by atoms with Gasteiger partial charge in [0.25, 0.3) is 0 Å². The summed E-state index contributed by atoms with van der Waals surface area (Å²) in [6, 6.07) is 5.26. The van der Waals surface area contributed by atoms with E-state index in [4.69, 9.17) is 11.6 Å². The summed E-state index contributed by atoms with van der Waals surface area (Å²) < 4.78 is 15.2. The van der Waals surface area contributed by atoms with Gasteiger partial charge in [-0.3, -0.25) is 9.69 Å². The Hall–Kier alpha value is -2.45. The molecule has 0 saturated carbocycles. The summed E-state index contributed by atoms with van der Waals surface area (Å²) in [6.07, 6.45) is 1.36. The maximum atomic E-state index is 13.9. The Kier molecular flexibility index (Phi) is 5.76. The van der Waals surface area contributed by atoms with Gasteiger partial charge in [0.15, 0.2) is 0 Å². The molecule has 144 valence electrons. The van der Waals surface area contributed by atoms with Crippen LogP contribution in [-0.2, 0) is 11.3 Å². The fraction of sp³-hybridized carbons (Fsp3) is 0.389. The summed E-state index contributed by atoms with van der Waals surface area (Å²) in [6.45, 7) is 4.11. The van der Waals surface area contributed by atoms with Crippen molar-refractivity contribution in [1.82, 2.24) is 19.6 Å². The Bertz CT molecular complexity index is 829. The van der Waals surface area contributed by atoms with E-state index in [1.807, 2.05) is 4.90 Å². The predicted molar refractivity (Wildman–Crippen MR) is 97.2 cm³/mol. The first-order valence-electron chi connectivity index (χ1n) is 8.59. The topological polar surface area (TPSA) is 78.7 Å². The fourth-order valence-corrected chi connectivity index (χ4v) is 3.42. The third-order valence-corrected chi connectivity index (χ3v) is 5.10. The molecule has 0 spiro atoms. The van der Waals surface area contributed by atoms with Crippen LogP contribution in [0.5, 0.6) is 0 Å². The summed E-state index contributed by atoms with van der Waals surface area (Å²) in [7, 11) is 0. The van der Waals surface area contributed by atoms with Crippen LogP contribution < -0.4 is 0 Å².